The van der Waals surface area contributed by atoms with Crippen LogP contribution in [-0.2, 0) is 9.47 Å². The third-order valence-electron chi connectivity index (χ3n) is 3.29. The average Bonchev–Trinajstić information content (AvgIpc) is 2.89. The topological polar surface area (TPSA) is 44.5 Å². The lowest BCUT2D eigenvalue weighted by molar-refractivity contribution is -0.0301. The summed E-state index contributed by atoms with van der Waals surface area (Å²) >= 11 is 5.91. The molecule has 1 aromatic rings. The average molecular weight is 270 g/mol. The van der Waals surface area contributed by atoms with Gasteiger partial charge in [-0.15, -0.1) is 0 Å². The molecule has 3 atom stereocenters. The normalized spacial score (nSPS) is 22.9. The second-order valence-corrected chi connectivity index (χ2v) is 5.10. The summed E-state index contributed by atoms with van der Waals surface area (Å²) in [6.07, 6.45) is 1.89. The monoisotopic (exact) mass is 269 g/mol. The fraction of sp³-hybridized carbons (Fsp3) is 0.571. The van der Waals surface area contributed by atoms with Gasteiger partial charge in [0.05, 0.1) is 18.8 Å². The minimum absolute atomic E-state index is 0.00762. The zero-order valence-corrected chi connectivity index (χ0v) is 11.4. The number of hydrogen-bond acceptors (Lipinski definition) is 3. The SMILES string of the molecule is CCC(N)C(OC1CCOC1)c1ccc(Cl)cc1. The zero-order chi connectivity index (χ0) is 13.0. The summed E-state index contributed by atoms with van der Waals surface area (Å²) in [5.41, 5.74) is 7.25. The van der Waals surface area contributed by atoms with Crippen molar-refractivity contribution in [3.63, 3.8) is 0 Å². The van der Waals surface area contributed by atoms with Gasteiger partial charge in [0, 0.05) is 17.7 Å². The fourth-order valence-electron chi connectivity index (χ4n) is 2.12. The smallest absolute Gasteiger partial charge is 0.0980 e. The number of hydrogen-bond donors (Lipinski definition) is 1. The van der Waals surface area contributed by atoms with E-state index in [0.717, 1.165) is 30.0 Å². The van der Waals surface area contributed by atoms with Gasteiger partial charge >= 0.3 is 0 Å². The van der Waals surface area contributed by atoms with Crippen molar-refractivity contribution in [3.8, 4) is 0 Å². The summed E-state index contributed by atoms with van der Waals surface area (Å²) in [5.74, 6) is 0. The third-order valence-corrected chi connectivity index (χ3v) is 3.54. The van der Waals surface area contributed by atoms with E-state index in [1.165, 1.54) is 0 Å². The van der Waals surface area contributed by atoms with Crippen LogP contribution in [0.2, 0.25) is 5.02 Å². The number of rotatable bonds is 5. The maximum absolute atomic E-state index is 6.17. The predicted octanol–water partition coefficient (Wildman–Crippen LogP) is 2.92. The quantitative estimate of drug-likeness (QED) is 0.894. The highest BCUT2D eigenvalue weighted by molar-refractivity contribution is 6.30. The highest BCUT2D eigenvalue weighted by Crippen LogP contribution is 2.27. The highest BCUT2D eigenvalue weighted by atomic mass is 35.5. The van der Waals surface area contributed by atoms with Gasteiger partial charge < -0.3 is 15.2 Å². The van der Waals surface area contributed by atoms with Crippen LogP contribution in [0.5, 0.6) is 0 Å². The Kier molecular flexibility index (Phi) is 5.01. The van der Waals surface area contributed by atoms with Crippen LogP contribution in [0.4, 0.5) is 0 Å². The maximum atomic E-state index is 6.17. The molecule has 0 saturated carbocycles. The van der Waals surface area contributed by atoms with E-state index in [0.29, 0.717) is 6.61 Å². The van der Waals surface area contributed by atoms with Crippen molar-refractivity contribution in [2.75, 3.05) is 13.2 Å². The van der Waals surface area contributed by atoms with E-state index in [-0.39, 0.29) is 18.2 Å². The summed E-state index contributed by atoms with van der Waals surface area (Å²) in [7, 11) is 0. The van der Waals surface area contributed by atoms with Crippen LogP contribution < -0.4 is 5.73 Å². The van der Waals surface area contributed by atoms with Crippen molar-refractivity contribution < 1.29 is 9.47 Å². The first-order chi connectivity index (χ1) is 8.70. The fourth-order valence-corrected chi connectivity index (χ4v) is 2.25. The molecule has 0 spiro atoms. The molecule has 1 heterocycles. The second kappa shape index (κ2) is 6.53. The van der Waals surface area contributed by atoms with Gasteiger partial charge in [0.25, 0.3) is 0 Å². The summed E-state index contributed by atoms with van der Waals surface area (Å²) in [5, 5.41) is 0.728. The van der Waals surface area contributed by atoms with Crippen LogP contribution in [0.25, 0.3) is 0 Å². The van der Waals surface area contributed by atoms with Crippen LogP contribution in [-0.4, -0.2) is 25.4 Å². The lowest BCUT2D eigenvalue weighted by Gasteiger charge is -2.26. The Balaban J connectivity index is 2.10. The van der Waals surface area contributed by atoms with Crippen molar-refractivity contribution >= 4 is 11.6 Å². The molecule has 3 unspecified atom stereocenters. The first kappa shape index (κ1) is 13.8. The maximum Gasteiger partial charge on any atom is 0.0980 e. The Bertz CT molecular complexity index is 363. The van der Waals surface area contributed by atoms with Crippen LogP contribution in [0.1, 0.15) is 31.4 Å². The molecule has 4 heteroatoms. The molecule has 0 amide bonds. The molecule has 3 nitrogen and oxygen atoms in total. The van der Waals surface area contributed by atoms with Crippen molar-refractivity contribution in [2.45, 2.75) is 38.0 Å². The molecule has 100 valence electrons. The van der Waals surface area contributed by atoms with Crippen molar-refractivity contribution in [3.05, 3.63) is 34.9 Å². The molecule has 2 rings (SSSR count). The van der Waals surface area contributed by atoms with Gasteiger partial charge in [-0.05, 0) is 30.5 Å². The predicted molar refractivity (Wildman–Crippen MR) is 72.8 cm³/mol. The third kappa shape index (κ3) is 3.45. The number of ether oxygens (including phenoxy) is 2. The summed E-state index contributed by atoms with van der Waals surface area (Å²) in [6.45, 7) is 3.52. The van der Waals surface area contributed by atoms with Crippen LogP contribution in [0.15, 0.2) is 24.3 Å². The molecular formula is C14H20ClNO2. The molecule has 2 N–H and O–H groups in total. The Hall–Kier alpha value is -0.610. The van der Waals surface area contributed by atoms with Gasteiger partial charge in [-0.25, -0.2) is 0 Å². The van der Waals surface area contributed by atoms with E-state index in [4.69, 9.17) is 26.8 Å². The van der Waals surface area contributed by atoms with E-state index in [1.54, 1.807) is 0 Å². The molecule has 1 aliphatic rings. The largest absolute Gasteiger partial charge is 0.379 e. The van der Waals surface area contributed by atoms with Gasteiger partial charge in [0.2, 0.25) is 0 Å². The van der Waals surface area contributed by atoms with Gasteiger partial charge in [-0.1, -0.05) is 30.7 Å². The lowest BCUT2D eigenvalue weighted by Crippen LogP contribution is -2.32. The molecule has 0 radical (unpaired) electrons. The Morgan fingerprint density at radius 2 is 2.17 bits per heavy atom. The molecule has 18 heavy (non-hydrogen) atoms. The molecular weight excluding hydrogens is 250 g/mol. The first-order valence-electron chi connectivity index (χ1n) is 6.45. The lowest BCUT2D eigenvalue weighted by atomic mass is 10.0. The zero-order valence-electron chi connectivity index (χ0n) is 10.6. The first-order valence-corrected chi connectivity index (χ1v) is 6.82. The van der Waals surface area contributed by atoms with Crippen LogP contribution in [0, 0.1) is 0 Å². The van der Waals surface area contributed by atoms with Crippen molar-refractivity contribution in [1.82, 2.24) is 0 Å². The van der Waals surface area contributed by atoms with Gasteiger partial charge in [0.15, 0.2) is 0 Å². The molecule has 0 aromatic heterocycles. The van der Waals surface area contributed by atoms with E-state index < -0.39 is 0 Å². The van der Waals surface area contributed by atoms with Crippen LogP contribution in [0.3, 0.4) is 0 Å². The number of nitrogens with two attached hydrogens (primary N) is 1. The Morgan fingerprint density at radius 3 is 2.72 bits per heavy atom. The van der Waals surface area contributed by atoms with Gasteiger partial charge in [-0.2, -0.15) is 0 Å². The summed E-state index contributed by atoms with van der Waals surface area (Å²) in [6, 6.07) is 7.71. The highest BCUT2D eigenvalue weighted by Gasteiger charge is 2.25. The molecule has 0 aliphatic carbocycles. The van der Waals surface area contributed by atoms with E-state index in [9.17, 15) is 0 Å². The number of benzene rings is 1. The Labute approximate surface area is 113 Å². The molecule has 1 aromatic carbocycles. The van der Waals surface area contributed by atoms with Crippen molar-refractivity contribution in [2.24, 2.45) is 5.73 Å². The minimum atomic E-state index is -0.0843. The second-order valence-electron chi connectivity index (χ2n) is 4.67. The molecule has 1 saturated heterocycles. The van der Waals surface area contributed by atoms with E-state index >= 15 is 0 Å². The Morgan fingerprint density at radius 1 is 1.44 bits per heavy atom. The molecule has 1 aliphatic heterocycles. The standard InChI is InChI=1S/C14H20ClNO2/c1-2-13(16)14(18-12-7-8-17-9-12)10-3-5-11(15)6-4-10/h3-6,12-14H,2,7-9,16H2,1H3. The molecule has 1 fully saturated rings. The minimum Gasteiger partial charge on any atom is -0.379 e. The number of halogens is 1. The molecule has 0 bridgehead atoms. The van der Waals surface area contributed by atoms with Crippen molar-refractivity contribution in [1.29, 1.82) is 0 Å². The van der Waals surface area contributed by atoms with Gasteiger partial charge in [0.1, 0.15) is 0 Å². The summed E-state index contributed by atoms with van der Waals surface area (Å²) < 4.78 is 11.4. The van der Waals surface area contributed by atoms with E-state index in [1.807, 2.05) is 24.3 Å². The van der Waals surface area contributed by atoms with Gasteiger partial charge in [-0.3, -0.25) is 0 Å². The van der Waals surface area contributed by atoms with E-state index in [2.05, 4.69) is 6.92 Å². The summed E-state index contributed by atoms with van der Waals surface area (Å²) in [4.78, 5) is 0. The van der Waals surface area contributed by atoms with Crippen LogP contribution >= 0.6 is 11.6 Å².